The van der Waals surface area contributed by atoms with E-state index in [1.807, 2.05) is 22.0 Å². The van der Waals surface area contributed by atoms with E-state index in [0.29, 0.717) is 0 Å². The van der Waals surface area contributed by atoms with Crippen LogP contribution in [-0.2, 0) is 0 Å². The largest absolute Gasteiger partial charge is 0.369 e. The maximum Gasteiger partial charge on any atom is 0.0369 e. The Hall–Kier alpha value is -1.34. The van der Waals surface area contributed by atoms with Crippen molar-refractivity contribution in [2.75, 3.05) is 62.2 Å². The normalized spacial score (nSPS) is 19.2. The summed E-state index contributed by atoms with van der Waals surface area (Å²) in [5.41, 5.74) is 5.42. The van der Waals surface area contributed by atoms with Crippen LogP contribution in [0.4, 0.5) is 11.4 Å². The Kier molecular flexibility index (Phi) is 6.73. The molecule has 2 saturated heterocycles. The van der Waals surface area contributed by atoms with Crippen molar-refractivity contribution in [2.24, 2.45) is 0 Å². The van der Waals surface area contributed by atoms with Gasteiger partial charge in [0.2, 0.25) is 0 Å². The first kappa shape index (κ1) is 20.0. The molecule has 4 nitrogen and oxygen atoms in total. The van der Waals surface area contributed by atoms with Gasteiger partial charge in [0.15, 0.2) is 0 Å². The van der Waals surface area contributed by atoms with E-state index in [4.69, 9.17) is 0 Å². The molecule has 4 rings (SSSR count). The number of aryl methyl sites for hydroxylation is 2. The summed E-state index contributed by atoms with van der Waals surface area (Å²) in [6.07, 6.45) is 0. The fourth-order valence-electron chi connectivity index (χ4n) is 3.79. The maximum atomic E-state index is 2.52. The Balaban J connectivity index is 1.18. The first-order valence-corrected chi connectivity index (χ1v) is 12.2. The molecular weight excluding hydrogens is 384 g/mol. The molecule has 0 aliphatic carbocycles. The van der Waals surface area contributed by atoms with Crippen LogP contribution < -0.4 is 9.80 Å². The Morgan fingerprint density at radius 3 is 1.32 bits per heavy atom. The molecule has 0 atom stereocenters. The molecule has 150 valence electrons. The lowest BCUT2D eigenvalue weighted by molar-refractivity contribution is 0.425. The smallest absolute Gasteiger partial charge is 0.0369 e. The van der Waals surface area contributed by atoms with Gasteiger partial charge >= 0.3 is 0 Å². The maximum absolute atomic E-state index is 2.52. The summed E-state index contributed by atoms with van der Waals surface area (Å²) >= 11 is 0. The standard InChI is InChI=1S/C22H30N4S2/c1-19-5-3-7-21(17-19)23-9-13-25(14-10-23)27-28-26-15-11-24(12-16-26)22-8-4-6-20(2)18-22/h3-8,17-18H,9-16H2,1-2H3. The van der Waals surface area contributed by atoms with Gasteiger partial charge in [0.1, 0.15) is 0 Å². The second-order valence-electron chi connectivity index (χ2n) is 7.66. The van der Waals surface area contributed by atoms with Crippen LogP contribution >= 0.6 is 22.0 Å². The number of nitrogens with zero attached hydrogens (tertiary/aromatic N) is 4. The Labute approximate surface area is 177 Å². The Morgan fingerprint density at radius 1 is 0.571 bits per heavy atom. The molecule has 0 spiro atoms. The van der Waals surface area contributed by atoms with E-state index in [1.165, 1.54) is 22.5 Å². The minimum absolute atomic E-state index is 1.11. The number of anilines is 2. The van der Waals surface area contributed by atoms with Crippen LogP contribution in [0, 0.1) is 13.8 Å². The number of piperazine rings is 2. The molecule has 2 aliphatic rings. The summed E-state index contributed by atoms with van der Waals surface area (Å²) in [5, 5.41) is 0. The molecule has 0 amide bonds. The molecular formula is C22H30N4S2. The summed E-state index contributed by atoms with van der Waals surface area (Å²) in [5.74, 6) is 0. The zero-order valence-corrected chi connectivity index (χ0v) is 18.5. The highest BCUT2D eigenvalue weighted by Crippen LogP contribution is 2.32. The number of benzene rings is 2. The predicted molar refractivity (Wildman–Crippen MR) is 125 cm³/mol. The average molecular weight is 415 g/mol. The van der Waals surface area contributed by atoms with Gasteiger partial charge in [-0.15, -0.1) is 0 Å². The molecule has 2 aromatic carbocycles. The Bertz CT molecular complexity index is 703. The molecule has 0 unspecified atom stereocenters. The molecule has 0 radical (unpaired) electrons. The monoisotopic (exact) mass is 414 g/mol. The highest BCUT2D eigenvalue weighted by Gasteiger charge is 2.22. The van der Waals surface area contributed by atoms with Crippen molar-refractivity contribution in [3.63, 3.8) is 0 Å². The molecule has 6 heteroatoms. The summed E-state index contributed by atoms with van der Waals surface area (Å²) in [6.45, 7) is 13.3. The predicted octanol–water partition coefficient (Wildman–Crippen LogP) is 4.46. The van der Waals surface area contributed by atoms with Crippen molar-refractivity contribution in [1.82, 2.24) is 8.61 Å². The quantitative estimate of drug-likeness (QED) is 0.525. The lowest BCUT2D eigenvalue weighted by Gasteiger charge is -2.38. The minimum atomic E-state index is 1.11. The molecule has 2 heterocycles. The topological polar surface area (TPSA) is 13.0 Å². The molecule has 2 fully saturated rings. The Morgan fingerprint density at radius 2 is 0.964 bits per heavy atom. The summed E-state index contributed by atoms with van der Waals surface area (Å²) < 4.78 is 5.04. The number of hydrogen-bond donors (Lipinski definition) is 0. The van der Waals surface area contributed by atoms with Crippen molar-refractivity contribution >= 4 is 33.3 Å². The van der Waals surface area contributed by atoms with Crippen LogP contribution in [0.1, 0.15) is 11.1 Å². The number of hydrogen-bond acceptors (Lipinski definition) is 6. The van der Waals surface area contributed by atoms with E-state index in [0.717, 1.165) is 52.4 Å². The van der Waals surface area contributed by atoms with Gasteiger partial charge in [-0.1, -0.05) is 24.3 Å². The van der Waals surface area contributed by atoms with E-state index in [-0.39, 0.29) is 0 Å². The molecule has 28 heavy (non-hydrogen) atoms. The second kappa shape index (κ2) is 9.44. The van der Waals surface area contributed by atoms with Crippen LogP contribution in [0.2, 0.25) is 0 Å². The van der Waals surface area contributed by atoms with E-state index in [1.54, 1.807) is 0 Å². The van der Waals surface area contributed by atoms with Crippen LogP contribution in [-0.4, -0.2) is 61.0 Å². The highest BCUT2D eigenvalue weighted by molar-refractivity contribution is 8.74. The van der Waals surface area contributed by atoms with Crippen molar-refractivity contribution < 1.29 is 0 Å². The van der Waals surface area contributed by atoms with E-state index in [9.17, 15) is 0 Å². The average Bonchev–Trinajstić information content (AvgIpc) is 2.73. The third kappa shape index (κ3) is 5.17. The van der Waals surface area contributed by atoms with Crippen LogP contribution in [0.3, 0.4) is 0 Å². The molecule has 0 aromatic heterocycles. The third-order valence-electron chi connectivity index (χ3n) is 5.46. The fraction of sp³-hybridized carbons (Fsp3) is 0.455. The fourth-order valence-corrected chi connectivity index (χ4v) is 6.06. The highest BCUT2D eigenvalue weighted by atomic mass is 33.1. The first-order valence-electron chi connectivity index (χ1n) is 10.2. The second-order valence-corrected chi connectivity index (χ2v) is 9.88. The summed E-state index contributed by atoms with van der Waals surface area (Å²) in [6, 6.07) is 17.7. The van der Waals surface area contributed by atoms with Gasteiger partial charge in [-0.05, 0) is 49.2 Å². The van der Waals surface area contributed by atoms with Crippen molar-refractivity contribution in [2.45, 2.75) is 13.8 Å². The van der Waals surface area contributed by atoms with Crippen molar-refractivity contribution in [1.29, 1.82) is 0 Å². The van der Waals surface area contributed by atoms with Gasteiger partial charge in [0.05, 0.1) is 0 Å². The molecule has 0 saturated carbocycles. The van der Waals surface area contributed by atoms with Gasteiger partial charge in [-0.2, -0.15) is 0 Å². The van der Waals surface area contributed by atoms with Gasteiger partial charge in [-0.25, -0.2) is 8.61 Å². The summed E-state index contributed by atoms with van der Waals surface area (Å²) in [4.78, 5) is 5.02. The molecule has 2 aliphatic heterocycles. The lowest BCUT2D eigenvalue weighted by Crippen LogP contribution is -2.45. The molecule has 0 N–H and O–H groups in total. The van der Waals surface area contributed by atoms with Crippen LogP contribution in [0.25, 0.3) is 0 Å². The van der Waals surface area contributed by atoms with Crippen LogP contribution in [0.5, 0.6) is 0 Å². The first-order chi connectivity index (χ1) is 13.7. The van der Waals surface area contributed by atoms with Gasteiger partial charge in [-0.3, -0.25) is 0 Å². The van der Waals surface area contributed by atoms with Crippen molar-refractivity contribution in [3.8, 4) is 0 Å². The molecule has 0 bridgehead atoms. The molecule has 2 aromatic rings. The van der Waals surface area contributed by atoms with E-state index >= 15 is 0 Å². The van der Waals surface area contributed by atoms with Gasteiger partial charge in [0, 0.05) is 85.7 Å². The van der Waals surface area contributed by atoms with Crippen molar-refractivity contribution in [3.05, 3.63) is 59.7 Å². The van der Waals surface area contributed by atoms with Gasteiger partial charge < -0.3 is 9.80 Å². The summed E-state index contributed by atoms with van der Waals surface area (Å²) in [7, 11) is 3.87. The minimum Gasteiger partial charge on any atom is -0.369 e. The number of rotatable bonds is 5. The van der Waals surface area contributed by atoms with E-state index < -0.39 is 0 Å². The zero-order valence-electron chi connectivity index (χ0n) is 16.9. The zero-order chi connectivity index (χ0) is 19.3. The van der Waals surface area contributed by atoms with Crippen LogP contribution in [0.15, 0.2) is 48.5 Å². The van der Waals surface area contributed by atoms with Gasteiger partial charge in [0.25, 0.3) is 0 Å². The van der Waals surface area contributed by atoms with E-state index in [2.05, 4.69) is 80.8 Å². The lowest BCUT2D eigenvalue weighted by atomic mass is 10.2. The third-order valence-corrected chi connectivity index (χ3v) is 8.14. The SMILES string of the molecule is Cc1cccc(N2CCN(SSN3CCN(c4cccc(C)c4)CC3)CC2)c1.